The number of nitrogens with zero attached hydrogens (tertiary/aromatic N) is 2. The number of hydrogen-bond donors (Lipinski definition) is 1. The molecule has 2 N–H and O–H groups in total. The molecule has 1 aromatic carbocycles. The van der Waals surface area contributed by atoms with E-state index < -0.39 is 0 Å². The zero-order chi connectivity index (χ0) is 14.3. The summed E-state index contributed by atoms with van der Waals surface area (Å²) >= 11 is 0. The molecular formula is C18H21N3. The molecule has 21 heavy (non-hydrogen) atoms. The molecule has 3 nitrogen and oxygen atoms in total. The van der Waals surface area contributed by atoms with Crippen molar-refractivity contribution in [2.45, 2.75) is 49.9 Å². The minimum absolute atomic E-state index is 0.0179. The van der Waals surface area contributed by atoms with E-state index in [1.165, 1.54) is 31.2 Å². The smallest absolute Gasteiger partial charge is 0.141 e. The van der Waals surface area contributed by atoms with E-state index in [4.69, 9.17) is 10.7 Å². The molecular weight excluding hydrogens is 258 g/mol. The molecule has 1 aromatic heterocycles. The second-order valence-corrected chi connectivity index (χ2v) is 6.47. The van der Waals surface area contributed by atoms with Crippen molar-refractivity contribution < 1.29 is 0 Å². The van der Waals surface area contributed by atoms with Crippen molar-refractivity contribution >= 4 is 5.82 Å². The SMILES string of the molecule is Nc1cc(C2CCCC2)nc(C2(c3ccccc3)CC2)n1. The van der Waals surface area contributed by atoms with Gasteiger partial charge in [0.1, 0.15) is 11.6 Å². The van der Waals surface area contributed by atoms with Crippen LogP contribution in [0, 0.1) is 0 Å². The Morgan fingerprint density at radius 3 is 2.38 bits per heavy atom. The van der Waals surface area contributed by atoms with Gasteiger partial charge in [-0.1, -0.05) is 43.2 Å². The third-order valence-electron chi connectivity index (χ3n) is 5.04. The van der Waals surface area contributed by atoms with Crippen molar-refractivity contribution in [3.8, 4) is 0 Å². The summed E-state index contributed by atoms with van der Waals surface area (Å²) in [6, 6.07) is 12.6. The van der Waals surface area contributed by atoms with E-state index in [0.717, 1.165) is 24.4 Å². The zero-order valence-corrected chi connectivity index (χ0v) is 12.3. The van der Waals surface area contributed by atoms with Gasteiger partial charge in [0.2, 0.25) is 0 Å². The Morgan fingerprint density at radius 2 is 1.71 bits per heavy atom. The highest BCUT2D eigenvalue weighted by atomic mass is 15.0. The summed E-state index contributed by atoms with van der Waals surface area (Å²) in [7, 11) is 0. The lowest BCUT2D eigenvalue weighted by Crippen LogP contribution is -2.16. The predicted molar refractivity (Wildman–Crippen MR) is 84.1 cm³/mol. The largest absolute Gasteiger partial charge is 0.384 e. The first kappa shape index (κ1) is 12.8. The van der Waals surface area contributed by atoms with Gasteiger partial charge in [-0.2, -0.15) is 0 Å². The predicted octanol–water partition coefficient (Wildman–Crippen LogP) is 3.80. The van der Waals surface area contributed by atoms with Crippen LogP contribution in [0.2, 0.25) is 0 Å². The van der Waals surface area contributed by atoms with Crippen molar-refractivity contribution in [3.63, 3.8) is 0 Å². The number of aromatic nitrogens is 2. The minimum atomic E-state index is 0.0179. The molecule has 108 valence electrons. The summed E-state index contributed by atoms with van der Waals surface area (Å²) < 4.78 is 0. The van der Waals surface area contributed by atoms with Crippen molar-refractivity contribution in [1.82, 2.24) is 9.97 Å². The summed E-state index contributed by atoms with van der Waals surface area (Å²) in [5.74, 6) is 2.15. The van der Waals surface area contributed by atoms with Gasteiger partial charge in [-0.15, -0.1) is 0 Å². The Kier molecular flexibility index (Phi) is 2.95. The highest BCUT2D eigenvalue weighted by Gasteiger charge is 2.48. The quantitative estimate of drug-likeness (QED) is 0.929. The van der Waals surface area contributed by atoms with Gasteiger partial charge in [-0.05, 0) is 31.2 Å². The zero-order valence-electron chi connectivity index (χ0n) is 12.3. The van der Waals surface area contributed by atoms with E-state index >= 15 is 0 Å². The Hall–Kier alpha value is -1.90. The summed E-state index contributed by atoms with van der Waals surface area (Å²) in [6.07, 6.45) is 7.37. The van der Waals surface area contributed by atoms with Crippen molar-refractivity contribution in [3.05, 3.63) is 53.5 Å². The standard InChI is InChI=1S/C18H21N3/c19-16-12-15(13-6-4-5-7-13)20-17(21-16)18(10-11-18)14-8-2-1-3-9-14/h1-3,8-9,12-13H,4-7,10-11H2,(H2,19,20,21). The van der Waals surface area contributed by atoms with Crippen LogP contribution in [-0.4, -0.2) is 9.97 Å². The maximum atomic E-state index is 6.08. The molecule has 2 fully saturated rings. The maximum Gasteiger partial charge on any atom is 0.141 e. The first-order chi connectivity index (χ1) is 10.3. The van der Waals surface area contributed by atoms with Crippen LogP contribution in [-0.2, 0) is 5.41 Å². The fraction of sp³-hybridized carbons (Fsp3) is 0.444. The average molecular weight is 279 g/mol. The van der Waals surface area contributed by atoms with Gasteiger partial charge in [0.15, 0.2) is 0 Å². The summed E-state index contributed by atoms with van der Waals surface area (Å²) in [6.45, 7) is 0. The van der Waals surface area contributed by atoms with Crippen LogP contribution in [0.15, 0.2) is 36.4 Å². The lowest BCUT2D eigenvalue weighted by Gasteiger charge is -2.17. The molecule has 4 rings (SSSR count). The van der Waals surface area contributed by atoms with E-state index in [0.29, 0.717) is 11.7 Å². The number of anilines is 1. The molecule has 3 heteroatoms. The number of benzene rings is 1. The fourth-order valence-corrected chi connectivity index (χ4v) is 3.65. The van der Waals surface area contributed by atoms with E-state index in [-0.39, 0.29) is 5.41 Å². The number of nitrogen functional groups attached to an aromatic ring is 1. The molecule has 2 aromatic rings. The number of rotatable bonds is 3. The van der Waals surface area contributed by atoms with Gasteiger partial charge in [0, 0.05) is 17.7 Å². The lowest BCUT2D eigenvalue weighted by molar-refractivity contribution is 0.665. The maximum absolute atomic E-state index is 6.08. The molecule has 0 unspecified atom stereocenters. The topological polar surface area (TPSA) is 51.8 Å². The first-order valence-corrected chi connectivity index (χ1v) is 7.98. The highest BCUT2D eigenvalue weighted by molar-refractivity contribution is 5.42. The third kappa shape index (κ3) is 2.21. The fourth-order valence-electron chi connectivity index (χ4n) is 3.65. The van der Waals surface area contributed by atoms with Crippen LogP contribution in [0.25, 0.3) is 0 Å². The molecule has 0 amide bonds. The molecule has 0 saturated heterocycles. The average Bonchev–Trinajstić information content (AvgIpc) is 3.15. The van der Waals surface area contributed by atoms with E-state index in [1.54, 1.807) is 0 Å². The van der Waals surface area contributed by atoms with Gasteiger partial charge in [0.05, 0.1) is 5.41 Å². The Bertz CT molecular complexity index is 641. The highest BCUT2D eigenvalue weighted by Crippen LogP contribution is 2.52. The van der Waals surface area contributed by atoms with Crippen LogP contribution >= 0.6 is 0 Å². The van der Waals surface area contributed by atoms with E-state index in [9.17, 15) is 0 Å². The normalized spacial score (nSPS) is 20.6. The monoisotopic (exact) mass is 279 g/mol. The van der Waals surface area contributed by atoms with Gasteiger partial charge in [-0.25, -0.2) is 9.97 Å². The first-order valence-electron chi connectivity index (χ1n) is 7.98. The summed E-state index contributed by atoms with van der Waals surface area (Å²) in [5, 5.41) is 0. The lowest BCUT2D eigenvalue weighted by atomic mass is 9.94. The molecule has 2 aliphatic carbocycles. The second-order valence-electron chi connectivity index (χ2n) is 6.47. The molecule has 2 saturated carbocycles. The van der Waals surface area contributed by atoms with Crippen LogP contribution in [0.5, 0.6) is 0 Å². The van der Waals surface area contributed by atoms with Crippen LogP contribution in [0.3, 0.4) is 0 Å². The molecule has 0 aliphatic heterocycles. The van der Waals surface area contributed by atoms with Crippen LogP contribution < -0.4 is 5.73 Å². The molecule has 0 radical (unpaired) electrons. The van der Waals surface area contributed by atoms with Gasteiger partial charge < -0.3 is 5.73 Å². The summed E-state index contributed by atoms with van der Waals surface area (Å²) in [4.78, 5) is 9.52. The van der Waals surface area contributed by atoms with Crippen LogP contribution in [0.1, 0.15) is 61.5 Å². The van der Waals surface area contributed by atoms with Crippen molar-refractivity contribution in [1.29, 1.82) is 0 Å². The molecule has 0 bridgehead atoms. The third-order valence-corrected chi connectivity index (χ3v) is 5.04. The van der Waals surface area contributed by atoms with Gasteiger partial charge in [-0.3, -0.25) is 0 Å². The van der Waals surface area contributed by atoms with Crippen molar-refractivity contribution in [2.75, 3.05) is 5.73 Å². The second kappa shape index (κ2) is 4.83. The number of hydrogen-bond acceptors (Lipinski definition) is 3. The Labute approximate surface area is 125 Å². The van der Waals surface area contributed by atoms with E-state index in [1.807, 2.05) is 6.07 Å². The minimum Gasteiger partial charge on any atom is -0.384 e. The Morgan fingerprint density at radius 1 is 1.00 bits per heavy atom. The molecule has 1 heterocycles. The number of nitrogens with two attached hydrogens (primary N) is 1. The molecule has 0 atom stereocenters. The van der Waals surface area contributed by atoms with Gasteiger partial charge in [0.25, 0.3) is 0 Å². The molecule has 0 spiro atoms. The van der Waals surface area contributed by atoms with E-state index in [2.05, 4.69) is 35.3 Å². The Balaban J connectivity index is 1.75. The summed E-state index contributed by atoms with van der Waals surface area (Å²) in [5.41, 5.74) is 8.59. The van der Waals surface area contributed by atoms with Crippen LogP contribution in [0.4, 0.5) is 5.82 Å². The van der Waals surface area contributed by atoms with Gasteiger partial charge >= 0.3 is 0 Å². The molecule has 2 aliphatic rings. The van der Waals surface area contributed by atoms with Crippen molar-refractivity contribution in [2.24, 2.45) is 0 Å².